The maximum atomic E-state index is 12.8. The zero-order valence-electron chi connectivity index (χ0n) is 14.4. The molecule has 7 heteroatoms. The van der Waals surface area contributed by atoms with E-state index in [1.807, 2.05) is 60.7 Å². The van der Waals surface area contributed by atoms with Crippen LogP contribution in [0.5, 0.6) is 0 Å². The fourth-order valence-electron chi connectivity index (χ4n) is 2.87. The maximum Gasteiger partial charge on any atom is 0.252 e. The van der Waals surface area contributed by atoms with Crippen molar-refractivity contribution in [2.45, 2.75) is 6.42 Å². The fourth-order valence-corrected chi connectivity index (χ4v) is 3.47. The van der Waals surface area contributed by atoms with Gasteiger partial charge in [0, 0.05) is 23.9 Å². The Morgan fingerprint density at radius 3 is 2.59 bits per heavy atom. The average Bonchev–Trinajstić information content (AvgIpc) is 3.12. The molecule has 0 bridgehead atoms. The molecule has 0 saturated heterocycles. The van der Waals surface area contributed by atoms with E-state index in [-0.39, 0.29) is 5.91 Å². The Morgan fingerprint density at radius 2 is 1.81 bits per heavy atom. The van der Waals surface area contributed by atoms with E-state index in [1.165, 1.54) is 11.3 Å². The third kappa shape index (κ3) is 3.78. The molecular weight excluding hydrogens is 358 g/mol. The lowest BCUT2D eigenvalue weighted by molar-refractivity contribution is 0.0955. The van der Waals surface area contributed by atoms with Crippen LogP contribution in [0.3, 0.4) is 0 Å². The van der Waals surface area contributed by atoms with Gasteiger partial charge in [0.05, 0.1) is 16.8 Å². The minimum Gasteiger partial charge on any atom is -0.374 e. The smallest absolute Gasteiger partial charge is 0.252 e. The third-order valence-corrected chi connectivity index (χ3v) is 4.95. The zero-order valence-corrected chi connectivity index (χ0v) is 15.2. The van der Waals surface area contributed by atoms with Gasteiger partial charge in [-0.05, 0) is 12.1 Å². The number of para-hydroxylation sites is 1. The number of fused-ring (bicyclic) bond motifs is 1. The molecule has 1 amide bonds. The Balaban J connectivity index is 1.62. The molecule has 0 atom stereocenters. The maximum absolute atomic E-state index is 12.8. The Kier molecular flexibility index (Phi) is 4.76. The van der Waals surface area contributed by atoms with Crippen molar-refractivity contribution in [1.29, 1.82) is 0 Å². The number of amides is 1. The first-order valence-corrected chi connectivity index (χ1v) is 9.33. The summed E-state index contributed by atoms with van der Waals surface area (Å²) in [6.45, 7) is 0.463. The Morgan fingerprint density at radius 1 is 1.04 bits per heavy atom. The largest absolute Gasteiger partial charge is 0.374 e. The van der Waals surface area contributed by atoms with E-state index in [2.05, 4.69) is 15.5 Å². The molecule has 0 spiro atoms. The van der Waals surface area contributed by atoms with Crippen LogP contribution in [0.2, 0.25) is 0 Å². The van der Waals surface area contributed by atoms with Crippen LogP contribution < -0.4 is 11.1 Å². The van der Waals surface area contributed by atoms with Crippen molar-refractivity contribution in [1.82, 2.24) is 20.5 Å². The number of nitrogens with zero attached hydrogens (tertiary/aromatic N) is 3. The predicted molar refractivity (Wildman–Crippen MR) is 108 cm³/mol. The molecular formula is C20H17N5OS. The molecule has 134 valence electrons. The summed E-state index contributed by atoms with van der Waals surface area (Å²) in [6, 6.07) is 19.4. The Hall–Kier alpha value is -3.32. The van der Waals surface area contributed by atoms with E-state index in [0.29, 0.717) is 23.7 Å². The normalized spacial score (nSPS) is 10.8. The monoisotopic (exact) mass is 375 g/mol. The topological polar surface area (TPSA) is 93.8 Å². The fraction of sp³-hybridized carbons (Fsp3) is 0.100. The molecule has 0 unspecified atom stereocenters. The first-order valence-electron chi connectivity index (χ1n) is 8.52. The summed E-state index contributed by atoms with van der Waals surface area (Å²) in [5.74, 6) is -0.136. The van der Waals surface area contributed by atoms with Crippen LogP contribution in [-0.4, -0.2) is 27.6 Å². The molecule has 2 aromatic carbocycles. The molecule has 27 heavy (non-hydrogen) atoms. The van der Waals surface area contributed by atoms with Gasteiger partial charge in [-0.25, -0.2) is 4.98 Å². The van der Waals surface area contributed by atoms with Gasteiger partial charge >= 0.3 is 0 Å². The van der Waals surface area contributed by atoms with Crippen LogP contribution in [0, 0.1) is 0 Å². The van der Waals surface area contributed by atoms with Crippen molar-refractivity contribution < 1.29 is 4.79 Å². The predicted octanol–water partition coefficient (Wildman–Crippen LogP) is 3.31. The number of anilines is 1. The van der Waals surface area contributed by atoms with Gasteiger partial charge in [0.15, 0.2) is 0 Å². The second-order valence-corrected chi connectivity index (χ2v) is 7.07. The first kappa shape index (κ1) is 17.1. The number of benzene rings is 2. The van der Waals surface area contributed by atoms with Gasteiger partial charge in [-0.15, -0.1) is 10.2 Å². The summed E-state index contributed by atoms with van der Waals surface area (Å²) in [4.78, 5) is 17.6. The van der Waals surface area contributed by atoms with Gasteiger partial charge in [0.2, 0.25) is 5.13 Å². The van der Waals surface area contributed by atoms with E-state index in [9.17, 15) is 4.79 Å². The number of pyridine rings is 1. The highest BCUT2D eigenvalue weighted by Gasteiger charge is 2.14. The molecule has 0 aliphatic carbocycles. The number of nitrogen functional groups attached to an aromatic ring is 1. The SMILES string of the molecule is Nc1nnc(CCNC(=O)c2cc(-c3ccccc3)nc3ccccc23)s1. The average molecular weight is 375 g/mol. The highest BCUT2D eigenvalue weighted by Crippen LogP contribution is 2.24. The molecule has 0 fully saturated rings. The molecule has 0 radical (unpaired) electrons. The number of nitrogens with two attached hydrogens (primary N) is 1. The highest BCUT2D eigenvalue weighted by molar-refractivity contribution is 7.15. The van der Waals surface area contributed by atoms with Gasteiger partial charge in [-0.2, -0.15) is 0 Å². The van der Waals surface area contributed by atoms with Crippen LogP contribution in [0.15, 0.2) is 60.7 Å². The second kappa shape index (κ2) is 7.51. The Labute approximate surface area is 160 Å². The first-order chi connectivity index (χ1) is 13.2. The van der Waals surface area contributed by atoms with Crippen molar-refractivity contribution in [2.75, 3.05) is 12.3 Å². The standard InChI is InChI=1S/C20H17N5OS/c21-20-25-24-18(27-20)10-11-22-19(26)15-12-17(13-6-2-1-3-7-13)23-16-9-5-4-8-14(15)16/h1-9,12H,10-11H2,(H2,21,25)(H,22,26). The van der Waals surface area contributed by atoms with Gasteiger partial charge in [0.25, 0.3) is 5.91 Å². The van der Waals surface area contributed by atoms with E-state index in [0.717, 1.165) is 27.2 Å². The van der Waals surface area contributed by atoms with E-state index >= 15 is 0 Å². The molecule has 2 heterocycles. The van der Waals surface area contributed by atoms with E-state index in [4.69, 9.17) is 10.7 Å². The lowest BCUT2D eigenvalue weighted by Gasteiger charge is -2.10. The minimum atomic E-state index is -0.136. The molecule has 0 saturated carbocycles. The zero-order chi connectivity index (χ0) is 18.6. The lowest BCUT2D eigenvalue weighted by atomic mass is 10.0. The van der Waals surface area contributed by atoms with Gasteiger partial charge < -0.3 is 11.1 Å². The second-order valence-electron chi connectivity index (χ2n) is 5.98. The Bertz CT molecular complexity index is 1090. The van der Waals surface area contributed by atoms with Crippen molar-refractivity contribution >= 4 is 33.3 Å². The quantitative estimate of drug-likeness (QED) is 0.558. The van der Waals surface area contributed by atoms with Crippen molar-refractivity contribution in [3.8, 4) is 11.3 Å². The molecule has 4 aromatic rings. The summed E-state index contributed by atoms with van der Waals surface area (Å²) in [7, 11) is 0. The third-order valence-electron chi connectivity index (χ3n) is 4.14. The van der Waals surface area contributed by atoms with Gasteiger partial charge in [-0.3, -0.25) is 4.79 Å². The molecule has 6 nitrogen and oxygen atoms in total. The molecule has 2 aromatic heterocycles. The van der Waals surface area contributed by atoms with Crippen LogP contribution >= 0.6 is 11.3 Å². The van der Waals surface area contributed by atoms with Crippen molar-refractivity contribution in [3.05, 3.63) is 71.2 Å². The highest BCUT2D eigenvalue weighted by atomic mass is 32.1. The summed E-state index contributed by atoms with van der Waals surface area (Å²) in [5.41, 5.74) is 8.73. The number of nitrogens with one attached hydrogen (secondary N) is 1. The number of carbonyl (C=O) groups excluding carboxylic acids is 1. The minimum absolute atomic E-state index is 0.136. The van der Waals surface area contributed by atoms with E-state index < -0.39 is 0 Å². The number of rotatable bonds is 5. The van der Waals surface area contributed by atoms with Crippen LogP contribution in [0.1, 0.15) is 15.4 Å². The number of carbonyl (C=O) groups is 1. The van der Waals surface area contributed by atoms with E-state index in [1.54, 1.807) is 0 Å². The van der Waals surface area contributed by atoms with Crippen molar-refractivity contribution in [2.24, 2.45) is 0 Å². The summed E-state index contributed by atoms with van der Waals surface area (Å²) in [5, 5.41) is 12.8. The number of aromatic nitrogens is 3. The van der Waals surface area contributed by atoms with Crippen LogP contribution in [0.25, 0.3) is 22.2 Å². The summed E-state index contributed by atoms with van der Waals surface area (Å²) < 4.78 is 0. The van der Waals surface area contributed by atoms with Crippen molar-refractivity contribution in [3.63, 3.8) is 0 Å². The lowest BCUT2D eigenvalue weighted by Crippen LogP contribution is -2.26. The molecule has 4 rings (SSSR count). The molecule has 3 N–H and O–H groups in total. The van der Waals surface area contributed by atoms with Gasteiger partial charge in [0.1, 0.15) is 5.01 Å². The van der Waals surface area contributed by atoms with Crippen LogP contribution in [-0.2, 0) is 6.42 Å². The van der Waals surface area contributed by atoms with Gasteiger partial charge in [-0.1, -0.05) is 59.9 Å². The van der Waals surface area contributed by atoms with Crippen LogP contribution in [0.4, 0.5) is 5.13 Å². The summed E-state index contributed by atoms with van der Waals surface area (Å²) in [6.07, 6.45) is 0.592. The summed E-state index contributed by atoms with van der Waals surface area (Å²) >= 11 is 1.33. The molecule has 0 aliphatic heterocycles. The number of hydrogen-bond donors (Lipinski definition) is 2. The number of hydrogen-bond acceptors (Lipinski definition) is 6. The molecule has 0 aliphatic rings.